The molecule has 130 valence electrons. The lowest BCUT2D eigenvalue weighted by Gasteiger charge is -2.45. The van der Waals surface area contributed by atoms with Crippen molar-refractivity contribution in [3.05, 3.63) is 48.4 Å². The van der Waals surface area contributed by atoms with Gasteiger partial charge in [0.15, 0.2) is 17.3 Å². The maximum Gasteiger partial charge on any atom is 0.178 e. The lowest BCUT2D eigenvalue weighted by molar-refractivity contribution is 0.486. The first-order valence-electron chi connectivity index (χ1n) is 8.58. The van der Waals surface area contributed by atoms with E-state index in [1.54, 1.807) is 10.7 Å². The van der Waals surface area contributed by atoms with Gasteiger partial charge in [0.25, 0.3) is 0 Å². The van der Waals surface area contributed by atoms with Gasteiger partial charge in [0.05, 0.1) is 12.2 Å². The third-order valence-electron chi connectivity index (χ3n) is 5.02. The molecule has 0 N–H and O–H groups in total. The van der Waals surface area contributed by atoms with E-state index in [9.17, 15) is 0 Å². The lowest BCUT2D eigenvalue weighted by atomic mass is 10.1. The summed E-state index contributed by atoms with van der Waals surface area (Å²) in [6, 6.07) is 12.5. The van der Waals surface area contributed by atoms with Crippen LogP contribution in [0.2, 0.25) is 0 Å². The van der Waals surface area contributed by atoms with Gasteiger partial charge in [-0.2, -0.15) is 9.61 Å². The summed E-state index contributed by atoms with van der Waals surface area (Å²) in [6.45, 7) is 3.69. The van der Waals surface area contributed by atoms with Crippen LogP contribution in [0.3, 0.4) is 0 Å². The summed E-state index contributed by atoms with van der Waals surface area (Å²) >= 11 is 0. The Morgan fingerprint density at radius 1 is 1.04 bits per heavy atom. The second kappa shape index (κ2) is 5.62. The molecule has 0 spiro atoms. The van der Waals surface area contributed by atoms with Crippen molar-refractivity contribution >= 4 is 28.1 Å². The Morgan fingerprint density at radius 2 is 1.88 bits per heavy atom. The Kier molecular flexibility index (Phi) is 3.24. The average Bonchev–Trinajstić information content (AvgIpc) is 3.00. The minimum absolute atomic E-state index is 0.370. The first-order valence-corrected chi connectivity index (χ1v) is 8.58. The van der Waals surface area contributed by atoms with E-state index >= 15 is 0 Å². The van der Waals surface area contributed by atoms with E-state index < -0.39 is 0 Å². The van der Waals surface area contributed by atoms with Crippen LogP contribution in [-0.4, -0.2) is 56.2 Å². The zero-order chi connectivity index (χ0) is 17.7. The Hall–Kier alpha value is -3.29. The van der Waals surface area contributed by atoms with E-state index in [0.717, 1.165) is 47.0 Å². The molecule has 0 bridgehead atoms. The third-order valence-corrected chi connectivity index (χ3v) is 5.02. The molecule has 26 heavy (non-hydrogen) atoms. The van der Waals surface area contributed by atoms with Gasteiger partial charge in [-0.1, -0.05) is 24.3 Å². The van der Waals surface area contributed by atoms with Gasteiger partial charge in [0.2, 0.25) is 0 Å². The molecule has 0 amide bonds. The lowest BCUT2D eigenvalue weighted by Crippen LogP contribution is -2.59. The Balaban J connectivity index is 1.37. The molecule has 0 radical (unpaired) electrons. The smallest absolute Gasteiger partial charge is 0.178 e. The number of aromatic nitrogens is 6. The van der Waals surface area contributed by atoms with Gasteiger partial charge >= 0.3 is 0 Å². The summed E-state index contributed by atoms with van der Waals surface area (Å²) < 4.78 is 1.78. The van der Waals surface area contributed by atoms with Crippen molar-refractivity contribution in [3.8, 4) is 0 Å². The second-order valence-electron chi connectivity index (χ2n) is 6.63. The minimum Gasteiger partial charge on any atom is -0.351 e. The normalized spacial score (nSPS) is 14.8. The summed E-state index contributed by atoms with van der Waals surface area (Å²) in [5.41, 5.74) is 0.770. The molecule has 1 aromatic carbocycles. The molecule has 4 heterocycles. The van der Waals surface area contributed by atoms with Crippen LogP contribution >= 0.6 is 0 Å². The molecule has 1 aliphatic rings. The van der Waals surface area contributed by atoms with Gasteiger partial charge in [-0.05, 0) is 19.1 Å². The molecule has 1 aliphatic heterocycles. The van der Waals surface area contributed by atoms with E-state index in [1.807, 2.05) is 31.2 Å². The molecule has 8 nitrogen and oxygen atoms in total. The van der Waals surface area contributed by atoms with Crippen LogP contribution in [0.4, 0.5) is 11.6 Å². The SMILES string of the molecule is Cc1nnc2ccc(N3CC(N(C)c4nncc5ccccc45)C3)nn12. The van der Waals surface area contributed by atoms with Crippen molar-refractivity contribution < 1.29 is 0 Å². The molecular weight excluding hydrogens is 328 g/mol. The van der Waals surface area contributed by atoms with Gasteiger partial charge < -0.3 is 9.80 Å². The van der Waals surface area contributed by atoms with E-state index in [-0.39, 0.29) is 0 Å². The molecule has 1 fully saturated rings. The number of fused-ring (bicyclic) bond motifs is 2. The van der Waals surface area contributed by atoms with Gasteiger partial charge in [0.1, 0.15) is 5.82 Å². The fourth-order valence-electron chi connectivity index (χ4n) is 3.39. The van der Waals surface area contributed by atoms with Crippen LogP contribution in [0.1, 0.15) is 5.82 Å². The highest BCUT2D eigenvalue weighted by Gasteiger charge is 2.32. The summed E-state index contributed by atoms with van der Waals surface area (Å²) in [5, 5.41) is 23.6. The van der Waals surface area contributed by atoms with Crippen molar-refractivity contribution in [2.45, 2.75) is 13.0 Å². The minimum atomic E-state index is 0.370. The number of aryl methyl sites for hydroxylation is 1. The van der Waals surface area contributed by atoms with Gasteiger partial charge in [-0.25, -0.2) is 0 Å². The van der Waals surface area contributed by atoms with Gasteiger partial charge in [-0.15, -0.1) is 20.4 Å². The maximum atomic E-state index is 4.64. The fraction of sp³-hybridized carbons (Fsp3) is 0.278. The van der Waals surface area contributed by atoms with E-state index in [0.29, 0.717) is 6.04 Å². The second-order valence-corrected chi connectivity index (χ2v) is 6.63. The molecule has 0 atom stereocenters. The average molecular weight is 346 g/mol. The largest absolute Gasteiger partial charge is 0.351 e. The molecule has 1 saturated heterocycles. The Bertz CT molecular complexity index is 1090. The maximum absolute atomic E-state index is 4.64. The number of nitrogens with zero attached hydrogens (tertiary/aromatic N) is 8. The molecule has 0 saturated carbocycles. The zero-order valence-electron chi connectivity index (χ0n) is 14.6. The molecule has 3 aromatic heterocycles. The molecule has 5 rings (SSSR count). The number of anilines is 2. The van der Waals surface area contributed by atoms with Crippen LogP contribution in [0.15, 0.2) is 42.6 Å². The van der Waals surface area contributed by atoms with E-state index in [2.05, 4.69) is 54.5 Å². The number of hydrogen-bond donors (Lipinski definition) is 0. The summed E-state index contributed by atoms with van der Waals surface area (Å²) in [4.78, 5) is 4.47. The topological polar surface area (TPSA) is 75.3 Å². The predicted octanol–water partition coefficient (Wildman–Crippen LogP) is 1.70. The van der Waals surface area contributed by atoms with Crippen molar-refractivity contribution in [1.82, 2.24) is 30.0 Å². The van der Waals surface area contributed by atoms with E-state index in [4.69, 9.17) is 0 Å². The monoisotopic (exact) mass is 346 g/mol. The first kappa shape index (κ1) is 15.0. The number of hydrogen-bond acceptors (Lipinski definition) is 7. The number of rotatable bonds is 3. The highest BCUT2D eigenvalue weighted by atomic mass is 15.4. The molecule has 0 aliphatic carbocycles. The van der Waals surface area contributed by atoms with Gasteiger partial charge in [0, 0.05) is 30.9 Å². The van der Waals surface area contributed by atoms with Crippen molar-refractivity contribution in [2.24, 2.45) is 0 Å². The summed E-state index contributed by atoms with van der Waals surface area (Å²) in [6.07, 6.45) is 1.81. The highest BCUT2D eigenvalue weighted by molar-refractivity contribution is 5.91. The Morgan fingerprint density at radius 3 is 2.77 bits per heavy atom. The molecule has 4 aromatic rings. The highest BCUT2D eigenvalue weighted by Crippen LogP contribution is 2.28. The quantitative estimate of drug-likeness (QED) is 0.559. The van der Waals surface area contributed by atoms with Gasteiger partial charge in [-0.3, -0.25) is 0 Å². The molecule has 8 heteroatoms. The fourth-order valence-corrected chi connectivity index (χ4v) is 3.39. The summed E-state index contributed by atoms with van der Waals surface area (Å²) in [5.74, 6) is 2.65. The number of benzene rings is 1. The van der Waals surface area contributed by atoms with Crippen LogP contribution < -0.4 is 9.80 Å². The third kappa shape index (κ3) is 2.26. The zero-order valence-corrected chi connectivity index (χ0v) is 14.6. The Labute approximate surface area is 150 Å². The molecular formula is C18H18N8. The molecule has 0 unspecified atom stereocenters. The summed E-state index contributed by atoms with van der Waals surface area (Å²) in [7, 11) is 2.08. The predicted molar refractivity (Wildman–Crippen MR) is 99.5 cm³/mol. The van der Waals surface area contributed by atoms with E-state index in [1.165, 1.54) is 0 Å². The van der Waals surface area contributed by atoms with Crippen molar-refractivity contribution in [2.75, 3.05) is 29.9 Å². The number of likely N-dealkylation sites (N-methyl/N-ethyl adjacent to an activating group) is 1. The van der Waals surface area contributed by atoms with Crippen LogP contribution in [0, 0.1) is 6.92 Å². The first-order chi connectivity index (χ1) is 12.7. The van der Waals surface area contributed by atoms with Crippen LogP contribution in [-0.2, 0) is 0 Å². The van der Waals surface area contributed by atoms with Crippen LogP contribution in [0.5, 0.6) is 0 Å². The van der Waals surface area contributed by atoms with Crippen LogP contribution in [0.25, 0.3) is 16.4 Å². The van der Waals surface area contributed by atoms with Crippen molar-refractivity contribution in [3.63, 3.8) is 0 Å². The van der Waals surface area contributed by atoms with Crippen molar-refractivity contribution in [1.29, 1.82) is 0 Å². The standard InChI is InChI=1S/C18H18N8/c1-12-20-21-16-7-8-17(23-26(12)16)25-10-14(11-25)24(2)18-15-6-4-3-5-13(15)9-19-22-18/h3-9,14H,10-11H2,1-2H3.